The van der Waals surface area contributed by atoms with Crippen molar-refractivity contribution < 1.29 is 4.74 Å². The lowest BCUT2D eigenvalue weighted by atomic mass is 10.1. The Balaban J connectivity index is 1.80. The zero-order valence-electron chi connectivity index (χ0n) is 8.18. The van der Waals surface area contributed by atoms with E-state index in [1.807, 2.05) is 0 Å². The van der Waals surface area contributed by atoms with Crippen molar-refractivity contribution in [2.45, 2.75) is 19.1 Å². The van der Waals surface area contributed by atoms with Crippen LogP contribution in [0.3, 0.4) is 0 Å². The topological polar surface area (TPSA) is 15.8 Å². The highest BCUT2D eigenvalue weighted by molar-refractivity contribution is 5.25. The number of ether oxygens (including phenoxy) is 1. The monoisotopic (exact) mass is 187 g/mol. The van der Waals surface area contributed by atoms with Gasteiger partial charge in [0.1, 0.15) is 0 Å². The number of hydrogen-bond acceptors (Lipinski definition) is 2. The molecule has 1 aromatic rings. The first-order valence-corrected chi connectivity index (χ1v) is 5.03. The van der Waals surface area contributed by atoms with Crippen LogP contribution in [0, 0.1) is 0 Å². The first-order chi connectivity index (χ1) is 6.84. The van der Waals surface area contributed by atoms with E-state index in [2.05, 4.69) is 48.4 Å². The Bertz CT molecular complexity index is 371. The lowest BCUT2D eigenvalue weighted by Crippen LogP contribution is -2.22. The Morgan fingerprint density at radius 1 is 1.36 bits per heavy atom. The van der Waals surface area contributed by atoms with Gasteiger partial charge in [-0.15, -0.1) is 0 Å². The van der Waals surface area contributed by atoms with Gasteiger partial charge < -0.3 is 9.64 Å². The molecule has 1 unspecified atom stereocenters. The number of fused-ring (bicyclic) bond motifs is 1. The van der Waals surface area contributed by atoms with E-state index in [1.165, 1.54) is 5.56 Å². The molecular formula is C12H13NO. The van der Waals surface area contributed by atoms with Gasteiger partial charge in [-0.05, 0) is 12.5 Å². The number of hydrogen-bond donors (Lipinski definition) is 0. The molecule has 3 rings (SSSR count). The van der Waals surface area contributed by atoms with Crippen LogP contribution in [0.5, 0.6) is 0 Å². The highest BCUT2D eigenvalue weighted by Crippen LogP contribution is 2.37. The Labute approximate surface area is 83.8 Å². The SMILES string of the molecule is CC(c1ccccc1)N1C=C2O[C@H]2C1. The van der Waals surface area contributed by atoms with Crippen molar-refractivity contribution in [2.24, 2.45) is 0 Å². The molecule has 0 aromatic heterocycles. The average molecular weight is 187 g/mol. The lowest BCUT2D eigenvalue weighted by Gasteiger charge is -2.25. The molecule has 1 aromatic carbocycles. The molecule has 0 amide bonds. The van der Waals surface area contributed by atoms with Crippen molar-refractivity contribution in [3.63, 3.8) is 0 Å². The lowest BCUT2D eigenvalue weighted by molar-refractivity contribution is 0.250. The number of benzene rings is 1. The highest BCUT2D eigenvalue weighted by atomic mass is 16.6. The summed E-state index contributed by atoms with van der Waals surface area (Å²) in [6, 6.07) is 11.0. The van der Waals surface area contributed by atoms with E-state index in [9.17, 15) is 0 Å². The normalized spacial score (nSPS) is 25.1. The standard InChI is InChI=1S/C12H13NO/c1-9(10-5-3-2-4-6-10)13-7-11-12(8-13)14-11/h2-7,9,12H,8H2,1H3/t9?,12-/m0/s1. The van der Waals surface area contributed by atoms with Gasteiger partial charge >= 0.3 is 0 Å². The van der Waals surface area contributed by atoms with E-state index in [1.54, 1.807) is 0 Å². The molecule has 0 radical (unpaired) electrons. The first-order valence-electron chi connectivity index (χ1n) is 5.03. The van der Waals surface area contributed by atoms with Gasteiger partial charge in [0.2, 0.25) is 0 Å². The quantitative estimate of drug-likeness (QED) is 0.660. The Morgan fingerprint density at radius 3 is 2.79 bits per heavy atom. The molecule has 0 aliphatic carbocycles. The van der Waals surface area contributed by atoms with Crippen LogP contribution in [-0.2, 0) is 4.74 Å². The van der Waals surface area contributed by atoms with Crippen molar-refractivity contribution in [3.05, 3.63) is 47.9 Å². The molecule has 2 nitrogen and oxygen atoms in total. The third-order valence-corrected chi connectivity index (χ3v) is 2.99. The minimum absolute atomic E-state index is 0.404. The number of rotatable bonds is 2. The van der Waals surface area contributed by atoms with Crippen LogP contribution in [0.2, 0.25) is 0 Å². The predicted octanol–water partition coefficient (Wildman–Crippen LogP) is 2.30. The van der Waals surface area contributed by atoms with E-state index in [-0.39, 0.29) is 0 Å². The van der Waals surface area contributed by atoms with Crippen molar-refractivity contribution in [2.75, 3.05) is 6.54 Å². The van der Waals surface area contributed by atoms with Gasteiger partial charge in [0.25, 0.3) is 0 Å². The second-order valence-corrected chi connectivity index (χ2v) is 3.92. The van der Waals surface area contributed by atoms with Crippen LogP contribution in [0.1, 0.15) is 18.5 Å². The van der Waals surface area contributed by atoms with Crippen LogP contribution in [-0.4, -0.2) is 17.5 Å². The third kappa shape index (κ3) is 1.18. The van der Waals surface area contributed by atoms with Crippen molar-refractivity contribution in [1.29, 1.82) is 0 Å². The molecule has 0 N–H and O–H groups in total. The molecule has 14 heavy (non-hydrogen) atoms. The molecule has 0 saturated carbocycles. The summed E-state index contributed by atoms with van der Waals surface area (Å²) in [5.74, 6) is 1.16. The fourth-order valence-corrected chi connectivity index (χ4v) is 1.97. The maximum atomic E-state index is 5.29. The van der Waals surface area contributed by atoms with E-state index >= 15 is 0 Å². The van der Waals surface area contributed by atoms with Crippen LogP contribution >= 0.6 is 0 Å². The maximum absolute atomic E-state index is 5.29. The zero-order chi connectivity index (χ0) is 9.54. The van der Waals surface area contributed by atoms with E-state index < -0.39 is 0 Å². The Morgan fingerprint density at radius 2 is 2.14 bits per heavy atom. The fraction of sp³-hybridized carbons (Fsp3) is 0.333. The Kier molecular flexibility index (Phi) is 1.57. The van der Waals surface area contributed by atoms with Crippen LogP contribution < -0.4 is 0 Å². The number of nitrogens with zero attached hydrogens (tertiary/aromatic N) is 1. The van der Waals surface area contributed by atoms with E-state index in [0.717, 1.165) is 12.3 Å². The van der Waals surface area contributed by atoms with E-state index in [0.29, 0.717) is 12.1 Å². The molecule has 1 saturated heterocycles. The van der Waals surface area contributed by atoms with Crippen molar-refractivity contribution in [3.8, 4) is 0 Å². The molecule has 2 heteroatoms. The second-order valence-electron chi connectivity index (χ2n) is 3.92. The summed E-state index contributed by atoms with van der Waals surface area (Å²) < 4.78 is 5.29. The van der Waals surface area contributed by atoms with Gasteiger partial charge in [0, 0.05) is 6.20 Å². The average Bonchev–Trinajstić information content (AvgIpc) is 2.86. The van der Waals surface area contributed by atoms with Crippen molar-refractivity contribution in [1.82, 2.24) is 4.90 Å². The predicted molar refractivity (Wildman–Crippen MR) is 54.5 cm³/mol. The Hall–Kier alpha value is -1.44. The summed E-state index contributed by atoms with van der Waals surface area (Å²) >= 11 is 0. The van der Waals surface area contributed by atoms with Gasteiger partial charge in [-0.2, -0.15) is 0 Å². The largest absolute Gasteiger partial charge is 0.479 e. The molecular weight excluding hydrogens is 174 g/mol. The van der Waals surface area contributed by atoms with Gasteiger partial charge in [-0.25, -0.2) is 0 Å². The molecule has 0 spiro atoms. The van der Waals surface area contributed by atoms with E-state index in [4.69, 9.17) is 4.74 Å². The van der Waals surface area contributed by atoms with Gasteiger partial charge in [-0.3, -0.25) is 0 Å². The van der Waals surface area contributed by atoms with Crippen molar-refractivity contribution >= 4 is 0 Å². The smallest absolute Gasteiger partial charge is 0.174 e. The summed E-state index contributed by atoms with van der Waals surface area (Å²) in [5, 5.41) is 0. The van der Waals surface area contributed by atoms with Gasteiger partial charge in [0.15, 0.2) is 11.9 Å². The zero-order valence-corrected chi connectivity index (χ0v) is 8.18. The summed E-state index contributed by atoms with van der Waals surface area (Å²) in [6.45, 7) is 3.25. The molecule has 2 aliphatic rings. The summed E-state index contributed by atoms with van der Waals surface area (Å²) in [5.41, 5.74) is 1.37. The summed E-state index contributed by atoms with van der Waals surface area (Å²) in [7, 11) is 0. The second kappa shape index (κ2) is 2.77. The maximum Gasteiger partial charge on any atom is 0.174 e. The van der Waals surface area contributed by atoms with Gasteiger partial charge in [-0.1, -0.05) is 30.3 Å². The minimum atomic E-state index is 0.404. The molecule has 2 atom stereocenters. The van der Waals surface area contributed by atoms with Crippen LogP contribution in [0.15, 0.2) is 42.3 Å². The van der Waals surface area contributed by atoms with Gasteiger partial charge in [0.05, 0.1) is 12.6 Å². The van der Waals surface area contributed by atoms with Crippen LogP contribution in [0.25, 0.3) is 0 Å². The van der Waals surface area contributed by atoms with Crippen LogP contribution in [0.4, 0.5) is 0 Å². The summed E-state index contributed by atoms with van der Waals surface area (Å²) in [6.07, 6.45) is 2.55. The fourth-order valence-electron chi connectivity index (χ4n) is 1.97. The minimum Gasteiger partial charge on any atom is -0.479 e. The molecule has 0 bridgehead atoms. The molecule has 72 valence electrons. The molecule has 2 heterocycles. The molecule has 2 aliphatic heterocycles. The molecule has 1 fully saturated rings. The number of epoxide rings is 1. The summed E-state index contributed by atoms with van der Waals surface area (Å²) in [4.78, 5) is 2.35. The first kappa shape index (κ1) is 7.92. The third-order valence-electron chi connectivity index (χ3n) is 2.99. The highest BCUT2D eigenvalue weighted by Gasteiger charge is 2.41.